The van der Waals surface area contributed by atoms with Crippen LogP contribution in [0.2, 0.25) is 0 Å². The number of Topliss-reactive ketones (excluding diaryl/α,β-unsaturated/α-hetero) is 1. The highest BCUT2D eigenvalue weighted by molar-refractivity contribution is 5.81. The summed E-state index contributed by atoms with van der Waals surface area (Å²) in [6, 6.07) is 8.27. The van der Waals surface area contributed by atoms with E-state index in [0.717, 1.165) is 5.56 Å². The minimum atomic E-state index is -0.408. The summed E-state index contributed by atoms with van der Waals surface area (Å²) in [6.45, 7) is 8.09. The van der Waals surface area contributed by atoms with Crippen LogP contribution in [0.15, 0.2) is 24.3 Å². The largest absolute Gasteiger partial charge is 0.325 e. The zero-order chi connectivity index (χ0) is 13.1. The molecule has 1 aromatic carbocycles. The molecule has 2 N–H and O–H groups in total. The monoisotopic (exact) mass is 233 g/mol. The first kappa shape index (κ1) is 13.9. The van der Waals surface area contributed by atoms with Crippen LogP contribution in [0.4, 0.5) is 0 Å². The number of hydrogen-bond acceptors (Lipinski definition) is 2. The molecule has 0 amide bonds. The number of rotatable bonds is 5. The number of carbonyl (C=O) groups excluding carboxylic acids is 1. The average molecular weight is 233 g/mol. The van der Waals surface area contributed by atoms with Crippen molar-refractivity contribution < 1.29 is 4.79 Å². The van der Waals surface area contributed by atoms with E-state index in [1.54, 1.807) is 0 Å². The van der Waals surface area contributed by atoms with Gasteiger partial charge in [0.05, 0.1) is 0 Å². The number of ketones is 1. The van der Waals surface area contributed by atoms with Crippen molar-refractivity contribution in [3.05, 3.63) is 35.4 Å². The summed E-state index contributed by atoms with van der Waals surface area (Å²) in [4.78, 5) is 11.8. The Morgan fingerprint density at radius 2 is 1.76 bits per heavy atom. The number of hydrogen-bond donors (Lipinski definition) is 1. The SMILES string of the molecule is CC(C)c1ccc(CC(=O)CC(C)(C)N)cc1. The first-order valence-corrected chi connectivity index (χ1v) is 6.17. The summed E-state index contributed by atoms with van der Waals surface area (Å²) >= 11 is 0. The molecule has 0 fully saturated rings. The summed E-state index contributed by atoms with van der Waals surface area (Å²) in [5.74, 6) is 0.734. The number of benzene rings is 1. The maximum Gasteiger partial charge on any atom is 0.139 e. The van der Waals surface area contributed by atoms with Crippen molar-refractivity contribution in [3.8, 4) is 0 Å². The Kier molecular flexibility index (Phi) is 4.47. The molecule has 1 rings (SSSR count). The second-order valence-corrected chi connectivity index (χ2v) is 5.78. The lowest BCUT2D eigenvalue weighted by Crippen LogP contribution is -2.35. The summed E-state index contributed by atoms with van der Waals surface area (Å²) in [7, 11) is 0. The Morgan fingerprint density at radius 1 is 1.24 bits per heavy atom. The predicted molar refractivity (Wildman–Crippen MR) is 72.1 cm³/mol. The van der Waals surface area contributed by atoms with Crippen LogP contribution < -0.4 is 5.73 Å². The molecule has 94 valence electrons. The third-order valence-corrected chi connectivity index (χ3v) is 2.70. The molecular weight excluding hydrogens is 210 g/mol. The maximum absolute atomic E-state index is 11.8. The van der Waals surface area contributed by atoms with E-state index in [9.17, 15) is 4.79 Å². The van der Waals surface area contributed by atoms with Gasteiger partial charge in [-0.3, -0.25) is 4.79 Å². The Morgan fingerprint density at radius 3 is 2.18 bits per heavy atom. The molecule has 0 aliphatic heterocycles. The van der Waals surface area contributed by atoms with Crippen LogP contribution in [-0.4, -0.2) is 11.3 Å². The van der Waals surface area contributed by atoms with Gasteiger partial charge in [0.1, 0.15) is 5.78 Å². The molecule has 0 radical (unpaired) electrons. The molecule has 0 unspecified atom stereocenters. The zero-order valence-electron chi connectivity index (χ0n) is 11.3. The van der Waals surface area contributed by atoms with Gasteiger partial charge in [-0.25, -0.2) is 0 Å². The minimum absolute atomic E-state index is 0.204. The fourth-order valence-corrected chi connectivity index (χ4v) is 1.82. The van der Waals surface area contributed by atoms with Crippen molar-refractivity contribution in [3.63, 3.8) is 0 Å². The summed E-state index contributed by atoms with van der Waals surface area (Å²) < 4.78 is 0. The van der Waals surface area contributed by atoms with Gasteiger partial charge in [-0.05, 0) is 30.9 Å². The van der Waals surface area contributed by atoms with Gasteiger partial charge in [0, 0.05) is 18.4 Å². The first-order chi connectivity index (χ1) is 7.78. The van der Waals surface area contributed by atoms with E-state index in [-0.39, 0.29) is 5.78 Å². The van der Waals surface area contributed by atoms with Crippen LogP contribution >= 0.6 is 0 Å². The molecule has 1 aromatic rings. The van der Waals surface area contributed by atoms with Crippen molar-refractivity contribution in [2.75, 3.05) is 0 Å². The van der Waals surface area contributed by atoms with Crippen LogP contribution in [-0.2, 0) is 11.2 Å². The molecule has 0 aromatic heterocycles. The van der Waals surface area contributed by atoms with Crippen molar-refractivity contribution in [1.29, 1.82) is 0 Å². The molecule has 0 atom stereocenters. The molecule has 0 saturated heterocycles. The number of carbonyl (C=O) groups is 1. The van der Waals surface area contributed by atoms with E-state index < -0.39 is 5.54 Å². The van der Waals surface area contributed by atoms with Crippen molar-refractivity contribution in [1.82, 2.24) is 0 Å². The van der Waals surface area contributed by atoms with Crippen molar-refractivity contribution >= 4 is 5.78 Å². The fourth-order valence-electron chi connectivity index (χ4n) is 1.82. The quantitative estimate of drug-likeness (QED) is 0.849. The Hall–Kier alpha value is -1.15. The standard InChI is InChI=1S/C15H23NO/c1-11(2)13-7-5-12(6-8-13)9-14(17)10-15(3,4)16/h5-8,11H,9-10,16H2,1-4H3. The van der Waals surface area contributed by atoms with Crippen molar-refractivity contribution in [2.24, 2.45) is 5.73 Å². The third kappa shape index (κ3) is 5.14. The van der Waals surface area contributed by atoms with E-state index in [1.807, 2.05) is 26.0 Å². The highest BCUT2D eigenvalue weighted by atomic mass is 16.1. The van der Waals surface area contributed by atoms with Crippen LogP contribution in [0, 0.1) is 0 Å². The maximum atomic E-state index is 11.8. The molecule has 0 saturated carbocycles. The fraction of sp³-hybridized carbons (Fsp3) is 0.533. The van der Waals surface area contributed by atoms with Gasteiger partial charge in [0.15, 0.2) is 0 Å². The topological polar surface area (TPSA) is 43.1 Å². The van der Waals surface area contributed by atoms with Crippen LogP contribution in [0.5, 0.6) is 0 Å². The van der Waals surface area contributed by atoms with Gasteiger partial charge in [-0.1, -0.05) is 38.1 Å². The van der Waals surface area contributed by atoms with Gasteiger partial charge in [-0.15, -0.1) is 0 Å². The van der Waals surface area contributed by atoms with Crippen LogP contribution in [0.25, 0.3) is 0 Å². The van der Waals surface area contributed by atoms with E-state index in [2.05, 4.69) is 26.0 Å². The third-order valence-electron chi connectivity index (χ3n) is 2.70. The summed E-state index contributed by atoms with van der Waals surface area (Å²) in [5.41, 5.74) is 7.80. The van der Waals surface area contributed by atoms with E-state index >= 15 is 0 Å². The van der Waals surface area contributed by atoms with E-state index in [1.165, 1.54) is 5.56 Å². The van der Waals surface area contributed by atoms with Gasteiger partial charge < -0.3 is 5.73 Å². The normalized spacial score (nSPS) is 11.9. The summed E-state index contributed by atoms with van der Waals surface area (Å²) in [6.07, 6.45) is 0.915. The average Bonchev–Trinajstić information content (AvgIpc) is 2.15. The molecule has 17 heavy (non-hydrogen) atoms. The first-order valence-electron chi connectivity index (χ1n) is 6.17. The lowest BCUT2D eigenvalue weighted by atomic mass is 9.94. The second kappa shape index (κ2) is 5.46. The van der Waals surface area contributed by atoms with Gasteiger partial charge in [0.25, 0.3) is 0 Å². The van der Waals surface area contributed by atoms with Crippen molar-refractivity contribution in [2.45, 2.75) is 52.0 Å². The molecule has 0 aliphatic carbocycles. The van der Waals surface area contributed by atoms with E-state index in [0.29, 0.717) is 18.8 Å². The van der Waals surface area contributed by atoms with Gasteiger partial charge in [-0.2, -0.15) is 0 Å². The molecular formula is C15H23NO. The summed E-state index contributed by atoms with van der Waals surface area (Å²) in [5, 5.41) is 0. The number of nitrogens with two attached hydrogens (primary N) is 1. The minimum Gasteiger partial charge on any atom is -0.325 e. The smallest absolute Gasteiger partial charge is 0.139 e. The lowest BCUT2D eigenvalue weighted by molar-refractivity contribution is -0.119. The molecule has 2 nitrogen and oxygen atoms in total. The molecule has 0 aliphatic rings. The molecule has 0 spiro atoms. The van der Waals surface area contributed by atoms with Gasteiger partial charge in [0.2, 0.25) is 0 Å². The van der Waals surface area contributed by atoms with Crippen LogP contribution in [0.1, 0.15) is 51.2 Å². The van der Waals surface area contributed by atoms with Gasteiger partial charge >= 0.3 is 0 Å². The highest BCUT2D eigenvalue weighted by Crippen LogP contribution is 2.16. The molecule has 2 heteroatoms. The molecule has 0 heterocycles. The zero-order valence-corrected chi connectivity index (χ0v) is 11.3. The highest BCUT2D eigenvalue weighted by Gasteiger charge is 2.16. The predicted octanol–water partition coefficient (Wildman–Crippen LogP) is 3.05. The Labute approximate surface area is 104 Å². The van der Waals surface area contributed by atoms with E-state index in [4.69, 9.17) is 5.73 Å². The molecule has 0 bridgehead atoms. The second-order valence-electron chi connectivity index (χ2n) is 5.78. The Balaban J connectivity index is 2.61. The lowest BCUT2D eigenvalue weighted by Gasteiger charge is -2.17. The Bertz CT molecular complexity index is 371. The van der Waals surface area contributed by atoms with Crippen LogP contribution in [0.3, 0.4) is 0 Å².